The molecule has 2 rings (SSSR count). The van der Waals surface area contributed by atoms with Crippen LogP contribution in [0.3, 0.4) is 0 Å². The number of ether oxygens (including phenoxy) is 2. The average Bonchev–Trinajstić information content (AvgIpc) is 2.96. The van der Waals surface area contributed by atoms with E-state index in [-0.39, 0.29) is 17.9 Å². The largest absolute Gasteiger partial charge is 0.458 e. The summed E-state index contributed by atoms with van der Waals surface area (Å²) in [6.45, 7) is 8.27. The number of hydrogen-bond donors (Lipinski definition) is 0. The number of hydrogen-bond acceptors (Lipinski definition) is 5. The van der Waals surface area contributed by atoms with Crippen LogP contribution in [0.1, 0.15) is 43.7 Å². The van der Waals surface area contributed by atoms with E-state index in [9.17, 15) is 4.79 Å². The van der Waals surface area contributed by atoms with E-state index >= 15 is 0 Å². The van der Waals surface area contributed by atoms with Gasteiger partial charge < -0.3 is 13.9 Å². The number of carbonyl (C=O) groups excluding carboxylic acids is 1. The molecule has 1 aromatic carbocycles. The van der Waals surface area contributed by atoms with Crippen LogP contribution in [-0.4, -0.2) is 29.8 Å². The summed E-state index contributed by atoms with van der Waals surface area (Å²) in [5, 5.41) is 0. The number of esters is 1. The summed E-state index contributed by atoms with van der Waals surface area (Å²) in [5.41, 5.74) is 2.12. The van der Waals surface area contributed by atoms with Crippen LogP contribution in [0.4, 0.5) is 0 Å². The Kier molecular flexibility index (Phi) is 5.93. The lowest BCUT2D eigenvalue weighted by Crippen LogP contribution is -2.12. The summed E-state index contributed by atoms with van der Waals surface area (Å²) in [6, 6.07) is 7.83. The van der Waals surface area contributed by atoms with Crippen molar-refractivity contribution in [2.24, 2.45) is 0 Å². The minimum absolute atomic E-state index is 0.202. The van der Waals surface area contributed by atoms with Gasteiger partial charge >= 0.3 is 5.97 Å². The van der Waals surface area contributed by atoms with Crippen molar-refractivity contribution in [2.45, 2.75) is 46.3 Å². The van der Waals surface area contributed by atoms with E-state index in [1.54, 1.807) is 13.8 Å². The lowest BCUT2D eigenvalue weighted by Gasteiger charge is -2.09. The third kappa shape index (κ3) is 4.93. The zero-order valence-corrected chi connectivity index (χ0v) is 14.0. The van der Waals surface area contributed by atoms with Crippen LogP contribution >= 0.6 is 0 Å². The third-order valence-corrected chi connectivity index (χ3v) is 3.13. The van der Waals surface area contributed by atoms with Gasteiger partial charge in [0.2, 0.25) is 0 Å². The van der Waals surface area contributed by atoms with Crippen LogP contribution in [0.25, 0.3) is 11.3 Å². The molecule has 0 saturated heterocycles. The molecule has 5 heteroatoms. The number of carbonyl (C=O) groups is 1. The lowest BCUT2D eigenvalue weighted by molar-refractivity contribution is 0.0372. The highest BCUT2D eigenvalue weighted by molar-refractivity contribution is 5.93. The topological polar surface area (TPSA) is 61.6 Å². The van der Waals surface area contributed by atoms with E-state index in [0.717, 1.165) is 17.5 Å². The summed E-state index contributed by atoms with van der Waals surface area (Å²) >= 11 is 0. The molecule has 0 N–H and O–H groups in total. The smallest absolute Gasteiger partial charge is 0.361 e. The highest BCUT2D eigenvalue weighted by Crippen LogP contribution is 2.25. The number of aromatic nitrogens is 1. The number of nitrogens with zero attached hydrogens (tertiary/aromatic N) is 1. The number of rotatable bonds is 7. The molecule has 0 atom stereocenters. The van der Waals surface area contributed by atoms with Crippen molar-refractivity contribution in [3.8, 4) is 11.3 Å². The Morgan fingerprint density at radius 3 is 2.70 bits per heavy atom. The van der Waals surface area contributed by atoms with Crippen molar-refractivity contribution in [2.75, 3.05) is 6.61 Å². The maximum atomic E-state index is 12.1. The van der Waals surface area contributed by atoms with Gasteiger partial charge in [0.05, 0.1) is 18.8 Å². The number of oxazole rings is 1. The van der Waals surface area contributed by atoms with Gasteiger partial charge in [0.1, 0.15) is 0 Å². The SMILES string of the molecule is CC(C)OCCc1cccc(-c2ocnc2C(=O)OC(C)C)c1. The minimum atomic E-state index is -0.475. The maximum Gasteiger partial charge on any atom is 0.361 e. The molecule has 0 amide bonds. The van der Waals surface area contributed by atoms with E-state index in [4.69, 9.17) is 13.9 Å². The Morgan fingerprint density at radius 1 is 1.22 bits per heavy atom. The molecule has 0 aliphatic heterocycles. The first-order chi connectivity index (χ1) is 11.0. The van der Waals surface area contributed by atoms with Crippen LogP contribution in [0.5, 0.6) is 0 Å². The fourth-order valence-corrected chi connectivity index (χ4v) is 2.15. The zero-order chi connectivity index (χ0) is 16.8. The normalized spacial score (nSPS) is 11.2. The molecular weight excluding hydrogens is 294 g/mol. The molecule has 0 aliphatic carbocycles. The van der Waals surface area contributed by atoms with Crippen molar-refractivity contribution in [3.05, 3.63) is 41.9 Å². The Labute approximate surface area is 136 Å². The predicted molar refractivity (Wildman–Crippen MR) is 87.3 cm³/mol. The van der Waals surface area contributed by atoms with Crippen LogP contribution in [0.2, 0.25) is 0 Å². The Balaban J connectivity index is 2.16. The Bertz CT molecular complexity index is 646. The molecule has 0 saturated carbocycles. The zero-order valence-electron chi connectivity index (χ0n) is 14.0. The van der Waals surface area contributed by atoms with Gasteiger partial charge in [-0.25, -0.2) is 9.78 Å². The van der Waals surface area contributed by atoms with Gasteiger partial charge in [0.15, 0.2) is 17.8 Å². The summed E-state index contributed by atoms with van der Waals surface area (Å²) in [4.78, 5) is 16.1. The van der Waals surface area contributed by atoms with Crippen LogP contribution in [-0.2, 0) is 15.9 Å². The van der Waals surface area contributed by atoms with Gasteiger partial charge in [-0.05, 0) is 45.7 Å². The van der Waals surface area contributed by atoms with E-state index in [1.165, 1.54) is 6.39 Å². The molecule has 1 aromatic heterocycles. The quantitative estimate of drug-likeness (QED) is 0.725. The van der Waals surface area contributed by atoms with Gasteiger partial charge in [-0.2, -0.15) is 0 Å². The second kappa shape index (κ2) is 7.92. The molecular formula is C18H23NO4. The second-order valence-corrected chi connectivity index (χ2v) is 5.85. The summed E-state index contributed by atoms with van der Waals surface area (Å²) in [6.07, 6.45) is 2.07. The lowest BCUT2D eigenvalue weighted by atomic mass is 10.1. The molecule has 1 heterocycles. The highest BCUT2D eigenvalue weighted by atomic mass is 16.5. The highest BCUT2D eigenvalue weighted by Gasteiger charge is 2.20. The van der Waals surface area contributed by atoms with E-state index in [2.05, 4.69) is 4.98 Å². The van der Waals surface area contributed by atoms with E-state index in [1.807, 2.05) is 38.1 Å². The van der Waals surface area contributed by atoms with E-state index < -0.39 is 5.97 Å². The second-order valence-electron chi connectivity index (χ2n) is 5.85. The Hall–Kier alpha value is -2.14. The van der Waals surface area contributed by atoms with Crippen molar-refractivity contribution >= 4 is 5.97 Å². The first kappa shape index (κ1) is 17.2. The van der Waals surface area contributed by atoms with Gasteiger partial charge in [0, 0.05) is 5.56 Å². The van der Waals surface area contributed by atoms with Crippen molar-refractivity contribution < 1.29 is 18.7 Å². The monoisotopic (exact) mass is 317 g/mol. The van der Waals surface area contributed by atoms with Crippen LogP contribution in [0, 0.1) is 0 Å². The fourth-order valence-electron chi connectivity index (χ4n) is 2.15. The van der Waals surface area contributed by atoms with Gasteiger partial charge in [-0.15, -0.1) is 0 Å². The van der Waals surface area contributed by atoms with Crippen molar-refractivity contribution in [3.63, 3.8) is 0 Å². The molecule has 0 aliphatic rings. The molecule has 124 valence electrons. The first-order valence-corrected chi connectivity index (χ1v) is 7.82. The van der Waals surface area contributed by atoms with Crippen molar-refractivity contribution in [1.82, 2.24) is 4.98 Å². The molecule has 2 aromatic rings. The average molecular weight is 317 g/mol. The van der Waals surface area contributed by atoms with Gasteiger partial charge in [-0.3, -0.25) is 0 Å². The molecule has 0 bridgehead atoms. The molecule has 0 radical (unpaired) electrons. The summed E-state index contributed by atoms with van der Waals surface area (Å²) in [7, 11) is 0. The first-order valence-electron chi connectivity index (χ1n) is 7.82. The molecule has 23 heavy (non-hydrogen) atoms. The van der Waals surface area contributed by atoms with Crippen LogP contribution < -0.4 is 0 Å². The van der Waals surface area contributed by atoms with Gasteiger partial charge in [0.25, 0.3) is 0 Å². The molecule has 0 unspecified atom stereocenters. The van der Waals surface area contributed by atoms with Gasteiger partial charge in [-0.1, -0.05) is 18.2 Å². The standard InChI is InChI=1S/C18H23NO4/c1-12(2)21-9-8-14-6-5-7-15(10-14)17-16(19-11-22-17)18(20)23-13(3)4/h5-7,10-13H,8-9H2,1-4H3. The number of benzene rings is 1. The van der Waals surface area contributed by atoms with E-state index in [0.29, 0.717) is 12.4 Å². The third-order valence-electron chi connectivity index (χ3n) is 3.13. The van der Waals surface area contributed by atoms with Crippen molar-refractivity contribution in [1.29, 1.82) is 0 Å². The molecule has 0 fully saturated rings. The molecule has 5 nitrogen and oxygen atoms in total. The Morgan fingerprint density at radius 2 is 2.00 bits per heavy atom. The molecule has 0 spiro atoms. The summed E-state index contributed by atoms with van der Waals surface area (Å²) < 4.78 is 16.2. The predicted octanol–water partition coefficient (Wildman–Crippen LogP) is 3.87. The maximum absolute atomic E-state index is 12.1. The summed E-state index contributed by atoms with van der Waals surface area (Å²) in [5.74, 6) is -0.0421. The van der Waals surface area contributed by atoms with Crippen LogP contribution in [0.15, 0.2) is 35.1 Å². The fraction of sp³-hybridized carbons (Fsp3) is 0.444. The minimum Gasteiger partial charge on any atom is -0.458 e.